The Bertz CT molecular complexity index is 1170. The van der Waals surface area contributed by atoms with Crippen LogP contribution >= 0.6 is 23.2 Å². The van der Waals surface area contributed by atoms with Gasteiger partial charge >= 0.3 is 0 Å². The van der Waals surface area contributed by atoms with Crippen molar-refractivity contribution in [2.75, 3.05) is 11.9 Å². The molecule has 0 aliphatic heterocycles. The summed E-state index contributed by atoms with van der Waals surface area (Å²) in [5.74, 6) is -0.110. The number of nitrogens with zero attached hydrogens (tertiary/aromatic N) is 3. The van der Waals surface area contributed by atoms with E-state index in [-0.39, 0.29) is 29.8 Å². The maximum absolute atomic E-state index is 13.1. The molecule has 180 valence electrons. The number of rotatable bonds is 6. The molecular weight excluding hydrogens is 471 g/mol. The third-order valence-corrected chi connectivity index (χ3v) is 5.77. The molecule has 0 aliphatic rings. The second kappa shape index (κ2) is 10.2. The van der Waals surface area contributed by atoms with Crippen molar-refractivity contribution in [2.45, 2.75) is 53.0 Å². The maximum atomic E-state index is 13.1. The van der Waals surface area contributed by atoms with Gasteiger partial charge in [-0.1, -0.05) is 61.7 Å². The Morgan fingerprint density at radius 3 is 2.15 bits per heavy atom. The van der Waals surface area contributed by atoms with E-state index in [9.17, 15) is 9.59 Å². The highest BCUT2D eigenvalue weighted by Crippen LogP contribution is 2.27. The quantitative estimate of drug-likeness (QED) is 0.433. The fourth-order valence-corrected chi connectivity index (χ4v) is 3.91. The van der Waals surface area contributed by atoms with Crippen molar-refractivity contribution in [1.82, 2.24) is 14.7 Å². The Morgan fingerprint density at radius 1 is 1.03 bits per heavy atom. The van der Waals surface area contributed by atoms with Crippen LogP contribution in [0.1, 0.15) is 56.2 Å². The van der Waals surface area contributed by atoms with Gasteiger partial charge in [-0.2, -0.15) is 5.10 Å². The average molecular weight is 501 g/mol. The number of aryl methyl sites for hydroxylation is 1. The van der Waals surface area contributed by atoms with Crippen LogP contribution in [0.5, 0.6) is 0 Å². The molecule has 3 aromatic rings. The van der Waals surface area contributed by atoms with Gasteiger partial charge in [-0.3, -0.25) is 9.59 Å². The summed E-state index contributed by atoms with van der Waals surface area (Å²) in [4.78, 5) is 27.7. The molecule has 3 rings (SSSR count). The zero-order chi connectivity index (χ0) is 25.2. The van der Waals surface area contributed by atoms with Crippen molar-refractivity contribution in [3.8, 4) is 5.69 Å². The molecule has 0 fully saturated rings. The number of hydrogen-bond acceptors (Lipinski definition) is 3. The number of anilines is 1. The molecular formula is C26H30Cl2N4O2. The zero-order valence-corrected chi connectivity index (χ0v) is 21.8. The van der Waals surface area contributed by atoms with E-state index >= 15 is 0 Å². The van der Waals surface area contributed by atoms with E-state index in [0.717, 1.165) is 16.9 Å². The fraction of sp³-hybridized carbons (Fsp3) is 0.346. The number of benzene rings is 2. The van der Waals surface area contributed by atoms with Crippen LogP contribution in [0, 0.1) is 6.92 Å². The summed E-state index contributed by atoms with van der Waals surface area (Å²) in [7, 11) is 0. The van der Waals surface area contributed by atoms with E-state index < -0.39 is 0 Å². The second-order valence-corrected chi connectivity index (χ2v) is 10.5. The van der Waals surface area contributed by atoms with Crippen LogP contribution in [0.25, 0.3) is 5.69 Å². The molecule has 0 radical (unpaired) electrons. The summed E-state index contributed by atoms with van der Waals surface area (Å²) in [6.07, 6.45) is 0. The minimum Gasteiger partial charge on any atom is -0.327 e. The summed E-state index contributed by atoms with van der Waals surface area (Å²) in [5.41, 5.74) is 2.93. The molecule has 0 bridgehead atoms. The summed E-state index contributed by atoms with van der Waals surface area (Å²) < 4.78 is 1.72. The van der Waals surface area contributed by atoms with Crippen molar-refractivity contribution in [2.24, 2.45) is 0 Å². The van der Waals surface area contributed by atoms with E-state index in [2.05, 4.69) is 26.1 Å². The molecule has 0 aliphatic carbocycles. The summed E-state index contributed by atoms with van der Waals surface area (Å²) >= 11 is 12.1. The normalized spacial score (nSPS) is 11.6. The number of hydrogen-bond donors (Lipinski definition) is 1. The van der Waals surface area contributed by atoms with Gasteiger partial charge in [0, 0.05) is 33.1 Å². The average Bonchev–Trinajstić information content (AvgIpc) is 3.15. The van der Waals surface area contributed by atoms with Crippen LogP contribution in [0.3, 0.4) is 0 Å². The van der Waals surface area contributed by atoms with E-state index in [1.165, 1.54) is 4.90 Å². The summed E-state index contributed by atoms with van der Waals surface area (Å²) in [6.45, 7) is 11.8. The molecule has 0 saturated heterocycles. The van der Waals surface area contributed by atoms with Gasteiger partial charge in [-0.25, -0.2) is 4.68 Å². The second-order valence-electron chi connectivity index (χ2n) is 9.65. The van der Waals surface area contributed by atoms with Crippen LogP contribution in [0.2, 0.25) is 10.0 Å². The first-order valence-corrected chi connectivity index (χ1v) is 11.9. The number of halogens is 2. The van der Waals surface area contributed by atoms with Gasteiger partial charge in [0.05, 0.1) is 11.4 Å². The van der Waals surface area contributed by atoms with Gasteiger partial charge in [0.2, 0.25) is 5.91 Å². The van der Waals surface area contributed by atoms with Gasteiger partial charge in [-0.05, 0) is 51.1 Å². The van der Waals surface area contributed by atoms with E-state index in [1.54, 1.807) is 22.9 Å². The summed E-state index contributed by atoms with van der Waals surface area (Å²) in [5, 5.41) is 8.41. The lowest BCUT2D eigenvalue weighted by Gasteiger charge is -2.26. The van der Waals surface area contributed by atoms with Crippen molar-refractivity contribution in [3.63, 3.8) is 0 Å². The van der Waals surface area contributed by atoms with Crippen LogP contribution < -0.4 is 5.32 Å². The smallest absolute Gasteiger partial charge is 0.254 e. The van der Waals surface area contributed by atoms with Crippen LogP contribution in [-0.2, 0) is 10.2 Å². The Balaban J connectivity index is 1.88. The van der Waals surface area contributed by atoms with Crippen molar-refractivity contribution in [1.29, 1.82) is 0 Å². The van der Waals surface area contributed by atoms with Crippen molar-refractivity contribution in [3.05, 3.63) is 75.4 Å². The lowest BCUT2D eigenvalue weighted by molar-refractivity contribution is -0.117. The van der Waals surface area contributed by atoms with E-state index in [0.29, 0.717) is 21.4 Å². The highest BCUT2D eigenvalue weighted by atomic mass is 35.5. The Morgan fingerprint density at radius 2 is 1.62 bits per heavy atom. The highest BCUT2D eigenvalue weighted by Gasteiger charge is 2.25. The van der Waals surface area contributed by atoms with Crippen molar-refractivity contribution < 1.29 is 9.59 Å². The molecule has 0 unspecified atom stereocenters. The highest BCUT2D eigenvalue weighted by molar-refractivity contribution is 6.35. The Kier molecular flexibility index (Phi) is 7.74. The molecule has 2 amide bonds. The molecule has 6 nitrogen and oxygen atoms in total. The standard InChI is InChI=1S/C26H30Cl2N4O2/c1-16(2)31(25(34)18-11-19(27)13-20(28)12-18)15-24(33)29-23-14-22(26(4,5)6)30-32(23)21-9-7-17(3)8-10-21/h7-14,16H,15H2,1-6H3,(H,29,33). The van der Waals surface area contributed by atoms with Crippen LogP contribution in [0.4, 0.5) is 5.82 Å². The maximum Gasteiger partial charge on any atom is 0.254 e. The molecule has 1 heterocycles. The van der Waals surface area contributed by atoms with Gasteiger partial charge < -0.3 is 10.2 Å². The molecule has 0 atom stereocenters. The lowest BCUT2D eigenvalue weighted by atomic mass is 9.92. The summed E-state index contributed by atoms with van der Waals surface area (Å²) in [6, 6.07) is 14.2. The fourth-order valence-electron chi connectivity index (χ4n) is 3.39. The third-order valence-electron chi connectivity index (χ3n) is 5.33. The Hall–Kier alpha value is -2.83. The predicted octanol–water partition coefficient (Wildman–Crippen LogP) is 6.27. The topological polar surface area (TPSA) is 67.2 Å². The lowest BCUT2D eigenvalue weighted by Crippen LogP contribution is -2.42. The number of carbonyl (C=O) groups is 2. The number of amides is 2. The molecule has 8 heteroatoms. The van der Waals surface area contributed by atoms with Crippen LogP contribution in [-0.4, -0.2) is 39.1 Å². The first-order valence-electron chi connectivity index (χ1n) is 11.1. The molecule has 1 aromatic heterocycles. The monoisotopic (exact) mass is 500 g/mol. The molecule has 1 N–H and O–H groups in total. The van der Waals surface area contributed by atoms with Gasteiger partial charge in [0.25, 0.3) is 5.91 Å². The predicted molar refractivity (Wildman–Crippen MR) is 138 cm³/mol. The minimum atomic E-state index is -0.330. The van der Waals surface area contributed by atoms with Crippen molar-refractivity contribution >= 4 is 40.8 Å². The third kappa shape index (κ3) is 6.19. The zero-order valence-electron chi connectivity index (χ0n) is 20.3. The largest absolute Gasteiger partial charge is 0.327 e. The molecule has 0 saturated carbocycles. The number of aromatic nitrogens is 2. The van der Waals surface area contributed by atoms with Gasteiger partial charge in [0.15, 0.2) is 0 Å². The molecule has 0 spiro atoms. The van der Waals surface area contributed by atoms with Gasteiger partial charge in [-0.15, -0.1) is 0 Å². The number of nitrogens with one attached hydrogen (secondary N) is 1. The first kappa shape index (κ1) is 25.8. The minimum absolute atomic E-state index is 0.134. The Labute approximate surface area is 210 Å². The van der Waals surface area contributed by atoms with E-state index in [1.807, 2.05) is 51.1 Å². The molecule has 34 heavy (non-hydrogen) atoms. The van der Waals surface area contributed by atoms with E-state index in [4.69, 9.17) is 28.3 Å². The number of carbonyl (C=O) groups excluding carboxylic acids is 2. The first-order chi connectivity index (χ1) is 15.8. The molecule has 2 aromatic carbocycles. The van der Waals surface area contributed by atoms with Gasteiger partial charge in [0.1, 0.15) is 12.4 Å². The van der Waals surface area contributed by atoms with Crippen LogP contribution in [0.15, 0.2) is 48.5 Å². The SMILES string of the molecule is Cc1ccc(-n2nc(C(C)(C)C)cc2NC(=O)CN(C(=O)c2cc(Cl)cc(Cl)c2)C(C)C)cc1.